The monoisotopic (exact) mass is 515 g/mol. The Balaban J connectivity index is 1.69. The molecule has 0 radical (unpaired) electrons. The van der Waals surface area contributed by atoms with Crippen LogP contribution in [0.2, 0.25) is 5.02 Å². The molecule has 0 N–H and O–H groups in total. The molecule has 0 spiro atoms. The van der Waals surface area contributed by atoms with Gasteiger partial charge in [-0.05, 0) is 55.5 Å². The summed E-state index contributed by atoms with van der Waals surface area (Å²) >= 11 is 7.38. The highest BCUT2D eigenvalue weighted by Crippen LogP contribution is 2.39. The number of nitrogens with zero attached hydrogens (tertiary/aromatic N) is 3. The maximum absolute atomic E-state index is 12.9. The number of carbonyl (C=O) groups excluding carboxylic acids is 1. The van der Waals surface area contributed by atoms with Crippen molar-refractivity contribution in [2.45, 2.75) is 6.92 Å². The van der Waals surface area contributed by atoms with Crippen LogP contribution in [0.3, 0.4) is 0 Å². The number of esters is 1. The maximum atomic E-state index is 12.9. The number of hydrogen-bond donors (Lipinski definition) is 0. The summed E-state index contributed by atoms with van der Waals surface area (Å²) in [5.41, 5.74) is 4.71. The minimum absolute atomic E-state index is 0.273. The van der Waals surface area contributed by atoms with Crippen LogP contribution < -0.4 is 4.74 Å². The fourth-order valence-electron chi connectivity index (χ4n) is 3.78. The zero-order valence-corrected chi connectivity index (χ0v) is 21.2. The third-order valence-corrected chi connectivity index (χ3v) is 6.86. The Hall–Kier alpha value is -3.94. The predicted molar refractivity (Wildman–Crippen MR) is 143 cm³/mol. The van der Waals surface area contributed by atoms with Crippen molar-refractivity contribution >= 4 is 28.9 Å². The first-order valence-electron chi connectivity index (χ1n) is 11.3. The summed E-state index contributed by atoms with van der Waals surface area (Å²) < 4.78 is 12.5. The van der Waals surface area contributed by atoms with Crippen LogP contribution in [-0.4, -0.2) is 34.5 Å². The van der Waals surface area contributed by atoms with E-state index in [0.29, 0.717) is 20.6 Å². The van der Waals surface area contributed by atoms with Gasteiger partial charge in [-0.3, -0.25) is 0 Å². The molecule has 0 saturated carbocycles. The third kappa shape index (κ3) is 4.76. The van der Waals surface area contributed by atoms with Crippen LogP contribution in [0.4, 0.5) is 0 Å². The normalized spacial score (nSPS) is 10.9. The van der Waals surface area contributed by atoms with E-state index in [2.05, 4.69) is 0 Å². The van der Waals surface area contributed by atoms with Gasteiger partial charge in [-0.2, -0.15) is 5.10 Å². The van der Waals surface area contributed by atoms with Crippen LogP contribution in [0.15, 0.2) is 85.1 Å². The molecule has 3 aromatic carbocycles. The molecular formula is C28H22ClN3O3S. The molecule has 0 aliphatic carbocycles. The lowest BCUT2D eigenvalue weighted by atomic mass is 10.1. The summed E-state index contributed by atoms with van der Waals surface area (Å²) in [5.74, 6) is 0.347. The van der Waals surface area contributed by atoms with Crippen LogP contribution in [-0.2, 0) is 4.74 Å². The average Bonchev–Trinajstić information content (AvgIpc) is 3.55. The molecule has 5 aromatic rings. The van der Waals surface area contributed by atoms with Crippen molar-refractivity contribution in [2.75, 3.05) is 13.7 Å². The lowest BCUT2D eigenvalue weighted by Crippen LogP contribution is -2.03. The lowest BCUT2D eigenvalue weighted by Gasteiger charge is -2.03. The first-order chi connectivity index (χ1) is 17.6. The van der Waals surface area contributed by atoms with Crippen molar-refractivity contribution in [1.82, 2.24) is 14.8 Å². The number of carbonyl (C=O) groups is 1. The Morgan fingerprint density at radius 1 is 0.944 bits per heavy atom. The van der Waals surface area contributed by atoms with E-state index in [4.69, 9.17) is 31.2 Å². The van der Waals surface area contributed by atoms with Crippen LogP contribution in [0.5, 0.6) is 5.75 Å². The van der Waals surface area contributed by atoms with E-state index in [1.807, 2.05) is 77.6 Å². The number of benzene rings is 3. The summed E-state index contributed by atoms with van der Waals surface area (Å²) in [7, 11) is 1.63. The topological polar surface area (TPSA) is 66.2 Å². The molecule has 0 bridgehead atoms. The van der Waals surface area contributed by atoms with Gasteiger partial charge >= 0.3 is 5.97 Å². The Bertz CT molecular complexity index is 1490. The number of thiazole rings is 1. The van der Waals surface area contributed by atoms with Gasteiger partial charge in [0, 0.05) is 22.3 Å². The van der Waals surface area contributed by atoms with Gasteiger partial charge in [0.05, 0.1) is 30.7 Å². The van der Waals surface area contributed by atoms with Crippen molar-refractivity contribution in [3.63, 3.8) is 0 Å². The number of aromatic nitrogens is 3. The smallest absolute Gasteiger partial charge is 0.350 e. The van der Waals surface area contributed by atoms with Gasteiger partial charge in [0.1, 0.15) is 21.3 Å². The highest BCUT2D eigenvalue weighted by atomic mass is 35.5. The number of rotatable bonds is 7. The van der Waals surface area contributed by atoms with Crippen molar-refractivity contribution in [1.29, 1.82) is 0 Å². The average molecular weight is 516 g/mol. The van der Waals surface area contributed by atoms with E-state index in [0.717, 1.165) is 33.8 Å². The molecule has 0 saturated heterocycles. The Labute approximate surface area is 217 Å². The molecule has 0 unspecified atom stereocenters. The minimum atomic E-state index is -0.410. The number of para-hydroxylation sites is 1. The van der Waals surface area contributed by atoms with Crippen LogP contribution in [0.25, 0.3) is 38.8 Å². The zero-order chi connectivity index (χ0) is 25.1. The largest absolute Gasteiger partial charge is 0.497 e. The molecule has 2 heterocycles. The molecule has 5 rings (SSSR count). The minimum Gasteiger partial charge on any atom is -0.497 e. The second-order valence-electron chi connectivity index (χ2n) is 7.82. The molecule has 2 aromatic heterocycles. The van der Waals surface area contributed by atoms with Crippen molar-refractivity contribution in [3.05, 3.63) is 95.0 Å². The molecule has 6 nitrogen and oxygen atoms in total. The van der Waals surface area contributed by atoms with Gasteiger partial charge in [-0.15, -0.1) is 11.3 Å². The zero-order valence-electron chi connectivity index (χ0n) is 19.6. The Morgan fingerprint density at radius 2 is 1.61 bits per heavy atom. The van der Waals surface area contributed by atoms with E-state index in [1.165, 1.54) is 11.3 Å². The second-order valence-corrected chi connectivity index (χ2v) is 9.26. The summed E-state index contributed by atoms with van der Waals surface area (Å²) in [6, 6.07) is 24.8. The second kappa shape index (κ2) is 10.4. The standard InChI is InChI=1S/C28H22ClN3O3S/c1-3-35-28(33)26-25(19-9-13-20(29)14-10-19)30-27(36-26)23-17-32(21-7-5-4-6-8-21)31-24(23)18-11-15-22(34-2)16-12-18/h4-17H,3H2,1-2H3. The van der Waals surface area contributed by atoms with E-state index in [1.54, 1.807) is 26.2 Å². The molecule has 0 aliphatic rings. The molecule has 0 aliphatic heterocycles. The molecular weight excluding hydrogens is 494 g/mol. The Kier molecular flexibility index (Phi) is 6.84. The van der Waals surface area contributed by atoms with Crippen molar-refractivity contribution in [3.8, 4) is 44.5 Å². The summed E-state index contributed by atoms with van der Waals surface area (Å²) in [4.78, 5) is 18.2. The number of methoxy groups -OCH3 is 1. The Morgan fingerprint density at radius 3 is 2.28 bits per heavy atom. The fourth-order valence-corrected chi connectivity index (χ4v) is 4.90. The SMILES string of the molecule is CCOC(=O)c1sc(-c2cn(-c3ccccc3)nc2-c2ccc(OC)cc2)nc1-c1ccc(Cl)cc1. The van der Waals surface area contributed by atoms with Crippen LogP contribution in [0.1, 0.15) is 16.6 Å². The predicted octanol–water partition coefficient (Wildman–Crippen LogP) is 7.17. The molecule has 0 atom stereocenters. The van der Waals surface area contributed by atoms with Gasteiger partial charge in [0.2, 0.25) is 0 Å². The third-order valence-electron chi connectivity index (χ3n) is 5.53. The highest BCUT2D eigenvalue weighted by molar-refractivity contribution is 7.17. The van der Waals surface area contributed by atoms with Crippen LogP contribution >= 0.6 is 22.9 Å². The summed E-state index contributed by atoms with van der Waals surface area (Å²) in [6.07, 6.45) is 1.94. The van der Waals surface area contributed by atoms with Gasteiger partial charge in [0.25, 0.3) is 0 Å². The van der Waals surface area contributed by atoms with Gasteiger partial charge < -0.3 is 9.47 Å². The molecule has 0 amide bonds. The molecule has 180 valence electrons. The van der Waals surface area contributed by atoms with E-state index >= 15 is 0 Å². The van der Waals surface area contributed by atoms with Gasteiger partial charge in [0.15, 0.2) is 0 Å². The molecule has 8 heteroatoms. The van der Waals surface area contributed by atoms with E-state index in [-0.39, 0.29) is 6.61 Å². The van der Waals surface area contributed by atoms with Gasteiger partial charge in [-0.1, -0.05) is 41.9 Å². The van der Waals surface area contributed by atoms with E-state index in [9.17, 15) is 4.79 Å². The number of ether oxygens (including phenoxy) is 2. The quantitative estimate of drug-likeness (QED) is 0.215. The number of hydrogen-bond acceptors (Lipinski definition) is 6. The van der Waals surface area contributed by atoms with Crippen LogP contribution in [0, 0.1) is 0 Å². The van der Waals surface area contributed by atoms with Crippen molar-refractivity contribution in [2.24, 2.45) is 0 Å². The fraction of sp³-hybridized carbons (Fsp3) is 0.107. The maximum Gasteiger partial charge on any atom is 0.350 e. The molecule has 0 fully saturated rings. The summed E-state index contributed by atoms with van der Waals surface area (Å²) in [5, 5.41) is 6.17. The number of halogens is 1. The highest BCUT2D eigenvalue weighted by Gasteiger charge is 2.24. The first-order valence-corrected chi connectivity index (χ1v) is 12.5. The summed E-state index contributed by atoms with van der Waals surface area (Å²) in [6.45, 7) is 2.06. The van der Waals surface area contributed by atoms with Gasteiger partial charge in [-0.25, -0.2) is 14.5 Å². The lowest BCUT2D eigenvalue weighted by molar-refractivity contribution is 0.0532. The first kappa shape index (κ1) is 23.8. The molecule has 36 heavy (non-hydrogen) atoms. The van der Waals surface area contributed by atoms with E-state index < -0.39 is 5.97 Å². The van der Waals surface area contributed by atoms with Crippen molar-refractivity contribution < 1.29 is 14.3 Å².